The van der Waals surface area contributed by atoms with Gasteiger partial charge in [-0.1, -0.05) is 79.9 Å². The van der Waals surface area contributed by atoms with E-state index in [0.717, 1.165) is 24.0 Å². The Bertz CT molecular complexity index is 1610. The molecule has 2 rings (SSSR count). The number of hydrogen-bond donors (Lipinski definition) is 10. The van der Waals surface area contributed by atoms with Gasteiger partial charge in [-0.15, -0.1) is 0 Å². The van der Waals surface area contributed by atoms with Gasteiger partial charge in [-0.25, -0.2) is 14.4 Å². The fourth-order valence-electron chi connectivity index (χ4n) is 5.65. The van der Waals surface area contributed by atoms with Gasteiger partial charge in [0.2, 0.25) is 23.6 Å². The molecule has 0 saturated carbocycles. The van der Waals surface area contributed by atoms with Crippen LogP contribution < -0.4 is 37.6 Å². The van der Waals surface area contributed by atoms with Gasteiger partial charge in [0.15, 0.2) is 0 Å². The molecule has 4 atom stereocenters. The molecule has 312 valence electrons. The smallest absolute Gasteiger partial charge is 0.326 e. The third kappa shape index (κ3) is 20.5. The van der Waals surface area contributed by atoms with E-state index in [1.165, 1.54) is 0 Å². The molecule has 6 amide bonds. The van der Waals surface area contributed by atoms with Gasteiger partial charge in [-0.3, -0.25) is 24.0 Å². The zero-order chi connectivity index (χ0) is 42.0. The topological polar surface area (TPSA) is 295 Å². The molecule has 0 aliphatic carbocycles. The fourth-order valence-corrected chi connectivity index (χ4v) is 5.65. The summed E-state index contributed by atoms with van der Waals surface area (Å²) in [5.41, 5.74) is 7.25. The average molecular weight is 798 g/mol. The lowest BCUT2D eigenvalue weighted by atomic mass is 10.0. The van der Waals surface area contributed by atoms with E-state index in [2.05, 4.69) is 26.6 Å². The van der Waals surface area contributed by atoms with Gasteiger partial charge in [0.25, 0.3) is 0 Å². The molecule has 0 aliphatic rings. The number of rotatable bonds is 28. The summed E-state index contributed by atoms with van der Waals surface area (Å²) in [6.45, 7) is 0.805. The molecular weight excluding hydrogens is 742 g/mol. The quantitative estimate of drug-likeness (QED) is 0.0536. The standard InChI is InChI=1S/C39H55N7O11/c40-21-23-42-35(51)30(24-26-12-6-4-7-13-26)44-36(52)31(25-27-14-8-5-9-15-27)43-33(48)16-10-2-1-3-11-22-41-32(47)19-17-28(37(53)54)45-39(57)46-29(38(55)56)18-20-34(49)50/h4-9,12-15,28-31H,1-3,10-11,16-25,40H2,(H,41,47)(H,42,51)(H,43,48)(H,44,52)(H,49,50)(H,53,54)(H,55,56)(H2,45,46,57)/t28-,29-,30-,31-/m0/s1. The number of hydrogen-bond acceptors (Lipinski definition) is 9. The maximum absolute atomic E-state index is 13.6. The molecule has 0 unspecified atom stereocenters. The summed E-state index contributed by atoms with van der Waals surface area (Å²) in [5.74, 6) is -5.80. The van der Waals surface area contributed by atoms with Gasteiger partial charge in [-0.05, 0) is 36.8 Å². The Kier molecular flexibility index (Phi) is 22.1. The van der Waals surface area contributed by atoms with Gasteiger partial charge in [0.05, 0.1) is 0 Å². The molecule has 57 heavy (non-hydrogen) atoms. The summed E-state index contributed by atoms with van der Waals surface area (Å²) in [7, 11) is 0. The first-order valence-electron chi connectivity index (χ1n) is 19.0. The molecule has 2 aromatic carbocycles. The van der Waals surface area contributed by atoms with Crippen LogP contribution in [-0.4, -0.2) is 107 Å². The minimum Gasteiger partial charge on any atom is -0.481 e. The van der Waals surface area contributed by atoms with E-state index in [1.807, 2.05) is 66.0 Å². The van der Waals surface area contributed by atoms with Gasteiger partial charge >= 0.3 is 23.9 Å². The SMILES string of the molecule is NCCNC(=O)[C@H](Cc1ccccc1)NC(=O)[C@H](Cc1ccccc1)NC(=O)CCCCCCCNC(=O)CC[C@H](NC(=O)N[C@@H](CCC(=O)O)C(=O)O)C(=O)O. The van der Waals surface area contributed by atoms with Crippen molar-refractivity contribution in [3.63, 3.8) is 0 Å². The van der Waals surface area contributed by atoms with E-state index in [1.54, 1.807) is 0 Å². The van der Waals surface area contributed by atoms with Crippen molar-refractivity contribution in [2.45, 2.75) is 101 Å². The molecule has 0 aromatic heterocycles. The number of amides is 6. The number of aliphatic carboxylic acids is 3. The number of carbonyl (C=O) groups is 8. The molecule has 0 radical (unpaired) electrons. The number of unbranched alkanes of at least 4 members (excludes halogenated alkanes) is 4. The van der Waals surface area contributed by atoms with Crippen LogP contribution in [0.2, 0.25) is 0 Å². The average Bonchev–Trinajstić information content (AvgIpc) is 3.18. The number of nitrogens with one attached hydrogen (secondary N) is 6. The highest BCUT2D eigenvalue weighted by molar-refractivity contribution is 5.92. The van der Waals surface area contributed by atoms with Crippen molar-refractivity contribution >= 4 is 47.6 Å². The summed E-state index contributed by atoms with van der Waals surface area (Å²) in [6, 6.07) is 12.5. The molecule has 0 saturated heterocycles. The van der Waals surface area contributed by atoms with Crippen LogP contribution in [0.25, 0.3) is 0 Å². The van der Waals surface area contributed by atoms with E-state index in [9.17, 15) is 43.5 Å². The van der Waals surface area contributed by atoms with Crippen molar-refractivity contribution in [2.24, 2.45) is 5.73 Å². The molecule has 0 fully saturated rings. The predicted molar refractivity (Wildman–Crippen MR) is 208 cm³/mol. The highest BCUT2D eigenvalue weighted by Crippen LogP contribution is 2.10. The second kappa shape index (κ2) is 26.7. The molecule has 0 aliphatic heterocycles. The van der Waals surface area contributed by atoms with Gasteiger partial charge < -0.3 is 53.0 Å². The third-order valence-electron chi connectivity index (χ3n) is 8.71. The van der Waals surface area contributed by atoms with E-state index in [-0.39, 0.29) is 57.0 Å². The minimum atomic E-state index is -1.54. The van der Waals surface area contributed by atoms with E-state index < -0.39 is 72.8 Å². The van der Waals surface area contributed by atoms with Gasteiger partial charge in [0, 0.05) is 51.7 Å². The number of carboxylic acids is 3. The summed E-state index contributed by atoms with van der Waals surface area (Å²) in [4.78, 5) is 97.6. The zero-order valence-electron chi connectivity index (χ0n) is 31.9. The Morgan fingerprint density at radius 3 is 1.54 bits per heavy atom. The van der Waals surface area contributed by atoms with Crippen molar-refractivity contribution in [2.75, 3.05) is 19.6 Å². The monoisotopic (exact) mass is 797 g/mol. The highest BCUT2D eigenvalue weighted by Gasteiger charge is 2.28. The first kappa shape index (κ1) is 47.1. The Hall–Kier alpha value is -6.04. The van der Waals surface area contributed by atoms with Crippen LogP contribution in [-0.2, 0) is 46.4 Å². The van der Waals surface area contributed by atoms with E-state index >= 15 is 0 Å². The first-order valence-corrected chi connectivity index (χ1v) is 19.0. The molecular formula is C39H55N7O11. The lowest BCUT2D eigenvalue weighted by Crippen LogP contribution is -2.55. The predicted octanol–water partition coefficient (Wildman–Crippen LogP) is 0.824. The summed E-state index contributed by atoms with van der Waals surface area (Å²) < 4.78 is 0. The van der Waals surface area contributed by atoms with E-state index in [0.29, 0.717) is 25.8 Å². The number of urea groups is 1. The van der Waals surface area contributed by atoms with Crippen molar-refractivity contribution in [3.8, 4) is 0 Å². The Labute approximate surface area is 331 Å². The normalized spacial score (nSPS) is 12.8. The maximum Gasteiger partial charge on any atom is 0.326 e. The van der Waals surface area contributed by atoms with Crippen LogP contribution in [0.3, 0.4) is 0 Å². The highest BCUT2D eigenvalue weighted by atomic mass is 16.4. The largest absolute Gasteiger partial charge is 0.481 e. The molecule has 0 heterocycles. The molecule has 18 nitrogen and oxygen atoms in total. The number of nitrogens with two attached hydrogens (primary N) is 1. The van der Waals surface area contributed by atoms with Crippen LogP contribution in [0.4, 0.5) is 4.79 Å². The summed E-state index contributed by atoms with van der Waals surface area (Å²) in [6.07, 6.45) is 2.62. The number of carboxylic acid groups (broad SMARTS) is 3. The number of benzene rings is 2. The molecule has 2 aromatic rings. The molecule has 0 spiro atoms. The van der Waals surface area contributed by atoms with Gasteiger partial charge in [-0.2, -0.15) is 0 Å². The zero-order valence-corrected chi connectivity index (χ0v) is 31.9. The third-order valence-corrected chi connectivity index (χ3v) is 8.71. The van der Waals surface area contributed by atoms with Crippen LogP contribution in [0.15, 0.2) is 60.7 Å². The van der Waals surface area contributed by atoms with Crippen molar-refractivity contribution in [1.82, 2.24) is 31.9 Å². The van der Waals surface area contributed by atoms with Gasteiger partial charge in [0.1, 0.15) is 24.2 Å². The Balaban J connectivity index is 1.77. The number of carbonyl (C=O) groups excluding carboxylic acids is 5. The maximum atomic E-state index is 13.6. The molecule has 0 bridgehead atoms. The van der Waals surface area contributed by atoms with Crippen molar-refractivity contribution in [1.29, 1.82) is 0 Å². The van der Waals surface area contributed by atoms with Crippen LogP contribution in [0.1, 0.15) is 75.3 Å². The second-order valence-electron chi connectivity index (χ2n) is 13.4. The van der Waals surface area contributed by atoms with Crippen LogP contribution >= 0.6 is 0 Å². The molecule has 11 N–H and O–H groups in total. The lowest BCUT2D eigenvalue weighted by molar-refractivity contribution is -0.141. The van der Waals surface area contributed by atoms with Crippen LogP contribution in [0, 0.1) is 0 Å². The van der Waals surface area contributed by atoms with Crippen LogP contribution in [0.5, 0.6) is 0 Å². The fraction of sp³-hybridized carbons (Fsp3) is 0.487. The summed E-state index contributed by atoms with van der Waals surface area (Å²) >= 11 is 0. The first-order chi connectivity index (χ1) is 27.3. The molecule has 18 heteroatoms. The lowest BCUT2D eigenvalue weighted by Gasteiger charge is -2.23. The second-order valence-corrected chi connectivity index (χ2v) is 13.4. The van der Waals surface area contributed by atoms with Crippen molar-refractivity contribution < 1.29 is 53.7 Å². The van der Waals surface area contributed by atoms with E-state index in [4.69, 9.17) is 15.9 Å². The summed E-state index contributed by atoms with van der Waals surface area (Å²) in [5, 5.41) is 42.5. The Morgan fingerprint density at radius 1 is 0.509 bits per heavy atom. The van der Waals surface area contributed by atoms with Crippen molar-refractivity contribution in [3.05, 3.63) is 71.8 Å². The minimum absolute atomic E-state index is 0.176. The Morgan fingerprint density at radius 2 is 1.02 bits per heavy atom.